The number of nitrogens with zero attached hydrogens (tertiary/aromatic N) is 2. The van der Waals surface area contributed by atoms with Crippen LogP contribution < -0.4 is 4.90 Å². The summed E-state index contributed by atoms with van der Waals surface area (Å²) in [7, 11) is 0. The second-order valence-corrected chi connectivity index (χ2v) is 4.72. The van der Waals surface area contributed by atoms with E-state index in [1.807, 2.05) is 52.0 Å². The fourth-order valence-electron chi connectivity index (χ4n) is 1.97. The van der Waals surface area contributed by atoms with Crippen molar-refractivity contribution in [2.45, 2.75) is 27.7 Å². The molecule has 0 saturated carbocycles. The lowest BCUT2D eigenvalue weighted by molar-refractivity contribution is -0.121. The maximum Gasteiger partial charge on any atom is 0.244 e. The molecule has 0 fully saturated rings. The number of rotatable bonds is 4. The second kappa shape index (κ2) is 6.20. The van der Waals surface area contributed by atoms with Gasteiger partial charge in [-0.1, -0.05) is 32.0 Å². The van der Waals surface area contributed by atoms with Gasteiger partial charge in [-0.2, -0.15) is 5.26 Å². The zero-order chi connectivity index (χ0) is 13.7. The molecule has 0 N–H and O–H groups in total. The molecule has 1 aromatic rings. The zero-order valence-corrected chi connectivity index (χ0v) is 11.5. The number of hydrogen-bond donors (Lipinski definition) is 0. The molecule has 0 spiro atoms. The fraction of sp³-hybridized carbons (Fsp3) is 0.467. The van der Waals surface area contributed by atoms with Gasteiger partial charge in [0.25, 0.3) is 0 Å². The average Bonchev–Trinajstić information content (AvgIpc) is 2.33. The van der Waals surface area contributed by atoms with E-state index < -0.39 is 5.92 Å². The van der Waals surface area contributed by atoms with Crippen molar-refractivity contribution in [1.29, 1.82) is 5.26 Å². The summed E-state index contributed by atoms with van der Waals surface area (Å²) in [5.74, 6) is -0.658. The minimum absolute atomic E-state index is 0.0283. The van der Waals surface area contributed by atoms with Gasteiger partial charge >= 0.3 is 0 Å². The van der Waals surface area contributed by atoms with Crippen LogP contribution in [-0.4, -0.2) is 12.5 Å². The predicted octanol–water partition coefficient (Wildman–Crippen LogP) is 3.14. The number of carbonyl (C=O) groups is 1. The molecule has 3 heteroatoms. The van der Waals surface area contributed by atoms with Gasteiger partial charge in [-0.3, -0.25) is 4.79 Å². The van der Waals surface area contributed by atoms with Crippen LogP contribution in [0.5, 0.6) is 0 Å². The summed E-state index contributed by atoms with van der Waals surface area (Å²) < 4.78 is 0. The van der Waals surface area contributed by atoms with Gasteiger partial charge < -0.3 is 4.90 Å². The van der Waals surface area contributed by atoms with Crippen molar-refractivity contribution in [3.8, 4) is 6.07 Å². The predicted molar refractivity (Wildman–Crippen MR) is 73.1 cm³/mol. The molecule has 0 aliphatic rings. The van der Waals surface area contributed by atoms with E-state index in [-0.39, 0.29) is 11.8 Å². The quantitative estimate of drug-likeness (QED) is 0.816. The normalized spacial score (nSPS) is 12.0. The van der Waals surface area contributed by atoms with E-state index in [9.17, 15) is 4.79 Å². The maximum absolute atomic E-state index is 12.4. The highest BCUT2D eigenvalue weighted by Gasteiger charge is 2.27. The van der Waals surface area contributed by atoms with E-state index in [1.165, 1.54) is 0 Å². The molecule has 0 radical (unpaired) electrons. The van der Waals surface area contributed by atoms with Crippen molar-refractivity contribution < 1.29 is 4.79 Å². The number of amides is 1. The van der Waals surface area contributed by atoms with Gasteiger partial charge in [-0.05, 0) is 31.4 Å². The molecule has 0 saturated heterocycles. The largest absolute Gasteiger partial charge is 0.311 e. The van der Waals surface area contributed by atoms with Crippen LogP contribution in [0.1, 0.15) is 26.3 Å². The Bertz CT molecular complexity index is 460. The topological polar surface area (TPSA) is 44.1 Å². The van der Waals surface area contributed by atoms with E-state index in [4.69, 9.17) is 5.26 Å². The smallest absolute Gasteiger partial charge is 0.244 e. The van der Waals surface area contributed by atoms with Gasteiger partial charge in [0.2, 0.25) is 5.91 Å². The molecule has 1 unspecified atom stereocenters. The van der Waals surface area contributed by atoms with Crippen molar-refractivity contribution >= 4 is 11.6 Å². The Hall–Kier alpha value is -1.82. The minimum Gasteiger partial charge on any atom is -0.311 e. The molecule has 96 valence electrons. The molecule has 18 heavy (non-hydrogen) atoms. The van der Waals surface area contributed by atoms with Crippen LogP contribution in [0.15, 0.2) is 24.3 Å². The first-order chi connectivity index (χ1) is 8.52. The summed E-state index contributed by atoms with van der Waals surface area (Å²) in [6, 6.07) is 9.87. The molecule has 0 aliphatic heterocycles. The van der Waals surface area contributed by atoms with Gasteiger partial charge in [0.05, 0.1) is 6.07 Å². The van der Waals surface area contributed by atoms with E-state index in [0.29, 0.717) is 6.54 Å². The lowest BCUT2D eigenvalue weighted by Gasteiger charge is -2.26. The highest BCUT2D eigenvalue weighted by molar-refractivity contribution is 5.97. The summed E-state index contributed by atoms with van der Waals surface area (Å²) >= 11 is 0. The van der Waals surface area contributed by atoms with E-state index in [2.05, 4.69) is 6.07 Å². The van der Waals surface area contributed by atoms with Gasteiger partial charge in [0, 0.05) is 12.2 Å². The Balaban J connectivity index is 3.09. The third-order valence-corrected chi connectivity index (χ3v) is 3.06. The zero-order valence-electron chi connectivity index (χ0n) is 11.5. The van der Waals surface area contributed by atoms with E-state index in [1.54, 1.807) is 4.90 Å². The molecule has 0 aliphatic carbocycles. The molecule has 1 amide bonds. The number of aryl methyl sites for hydroxylation is 1. The second-order valence-electron chi connectivity index (χ2n) is 4.72. The molecule has 3 nitrogen and oxygen atoms in total. The fourth-order valence-corrected chi connectivity index (χ4v) is 1.97. The number of anilines is 1. The molecule has 1 rings (SSSR count). The van der Waals surface area contributed by atoms with Crippen molar-refractivity contribution in [1.82, 2.24) is 0 Å². The van der Waals surface area contributed by atoms with Crippen molar-refractivity contribution in [3.63, 3.8) is 0 Å². The number of nitriles is 1. The van der Waals surface area contributed by atoms with Crippen LogP contribution in [0.4, 0.5) is 5.69 Å². The molecule has 0 aromatic heterocycles. The standard InChI is InChI=1S/C15H20N2O/c1-5-17(14-9-7-6-8-12(14)4)15(18)13(10-16)11(2)3/h6-9,11,13H,5H2,1-4H3. The number of carbonyl (C=O) groups excluding carboxylic acids is 1. The SMILES string of the molecule is CCN(C(=O)C(C#N)C(C)C)c1ccccc1C. The lowest BCUT2D eigenvalue weighted by Crippen LogP contribution is -2.38. The Morgan fingerprint density at radius 2 is 2.00 bits per heavy atom. The minimum atomic E-state index is -0.579. The van der Waals surface area contributed by atoms with Gasteiger partial charge in [-0.25, -0.2) is 0 Å². The van der Waals surface area contributed by atoms with Crippen LogP contribution in [0, 0.1) is 30.1 Å². The van der Waals surface area contributed by atoms with E-state index in [0.717, 1.165) is 11.3 Å². The van der Waals surface area contributed by atoms with Gasteiger partial charge in [-0.15, -0.1) is 0 Å². The van der Waals surface area contributed by atoms with Crippen LogP contribution in [0.3, 0.4) is 0 Å². The summed E-state index contributed by atoms with van der Waals surface area (Å²) in [6.07, 6.45) is 0. The molecule has 0 heterocycles. The Kier molecular flexibility index (Phi) is 4.91. The van der Waals surface area contributed by atoms with Crippen molar-refractivity contribution in [3.05, 3.63) is 29.8 Å². The van der Waals surface area contributed by atoms with Crippen molar-refractivity contribution in [2.75, 3.05) is 11.4 Å². The molecular formula is C15H20N2O. The first kappa shape index (κ1) is 14.2. The highest BCUT2D eigenvalue weighted by atomic mass is 16.2. The molecule has 1 aromatic carbocycles. The first-order valence-corrected chi connectivity index (χ1v) is 6.29. The summed E-state index contributed by atoms with van der Waals surface area (Å²) in [6.45, 7) is 8.28. The lowest BCUT2D eigenvalue weighted by atomic mass is 9.95. The first-order valence-electron chi connectivity index (χ1n) is 6.29. The highest BCUT2D eigenvalue weighted by Crippen LogP contribution is 2.23. The Morgan fingerprint density at radius 1 is 1.39 bits per heavy atom. The third-order valence-electron chi connectivity index (χ3n) is 3.06. The average molecular weight is 244 g/mol. The van der Waals surface area contributed by atoms with Crippen LogP contribution in [-0.2, 0) is 4.79 Å². The van der Waals surface area contributed by atoms with Gasteiger partial charge in [0.15, 0.2) is 0 Å². The van der Waals surface area contributed by atoms with Crippen molar-refractivity contribution in [2.24, 2.45) is 11.8 Å². The number of hydrogen-bond acceptors (Lipinski definition) is 2. The molecule has 0 bridgehead atoms. The molecular weight excluding hydrogens is 224 g/mol. The van der Waals surface area contributed by atoms with Gasteiger partial charge in [0.1, 0.15) is 5.92 Å². The van der Waals surface area contributed by atoms with E-state index >= 15 is 0 Å². The van der Waals surface area contributed by atoms with Crippen LogP contribution >= 0.6 is 0 Å². The maximum atomic E-state index is 12.4. The third kappa shape index (κ3) is 2.89. The van der Waals surface area contributed by atoms with Crippen LogP contribution in [0.25, 0.3) is 0 Å². The number of benzene rings is 1. The monoisotopic (exact) mass is 244 g/mol. The summed E-state index contributed by atoms with van der Waals surface area (Å²) in [4.78, 5) is 14.1. The molecule has 1 atom stereocenters. The Labute approximate surface area is 109 Å². The number of para-hydroxylation sites is 1. The summed E-state index contributed by atoms with van der Waals surface area (Å²) in [5.41, 5.74) is 1.94. The summed E-state index contributed by atoms with van der Waals surface area (Å²) in [5, 5.41) is 9.13. The Morgan fingerprint density at radius 3 is 2.44 bits per heavy atom. The van der Waals surface area contributed by atoms with Crippen LogP contribution in [0.2, 0.25) is 0 Å².